The molecule has 0 radical (unpaired) electrons. The van der Waals surface area contributed by atoms with E-state index in [1.807, 2.05) is 6.92 Å². The summed E-state index contributed by atoms with van der Waals surface area (Å²) < 4.78 is 26.9. The van der Waals surface area contributed by atoms with E-state index in [1.165, 1.54) is 0 Å². The van der Waals surface area contributed by atoms with Crippen molar-refractivity contribution in [1.29, 1.82) is 0 Å². The van der Waals surface area contributed by atoms with Crippen LogP contribution >= 0.6 is 0 Å². The third kappa shape index (κ3) is 3.63. The topological polar surface area (TPSA) is 12.0 Å². The van der Waals surface area contributed by atoms with Gasteiger partial charge in [-0.1, -0.05) is 5.57 Å². The van der Waals surface area contributed by atoms with Crippen LogP contribution in [0.1, 0.15) is 36.9 Å². The first-order valence-electron chi connectivity index (χ1n) is 5.73. The Labute approximate surface area is 102 Å². The van der Waals surface area contributed by atoms with Crippen molar-refractivity contribution < 1.29 is 8.78 Å². The van der Waals surface area contributed by atoms with Gasteiger partial charge in [-0.15, -0.1) is 6.58 Å². The third-order valence-electron chi connectivity index (χ3n) is 2.86. The molecule has 0 fully saturated rings. The molecule has 0 aromatic heterocycles. The minimum atomic E-state index is -0.499. The van der Waals surface area contributed by atoms with E-state index in [0.717, 1.165) is 24.5 Å². The molecular weight excluding hydrogens is 220 g/mol. The largest absolute Gasteiger partial charge is 0.313 e. The lowest BCUT2D eigenvalue weighted by Crippen LogP contribution is -2.18. The monoisotopic (exact) mass is 239 g/mol. The first kappa shape index (κ1) is 13.8. The lowest BCUT2D eigenvalue weighted by Gasteiger charge is -2.18. The molecule has 1 nitrogen and oxygen atoms in total. The van der Waals surface area contributed by atoms with Crippen LogP contribution in [0.25, 0.3) is 0 Å². The van der Waals surface area contributed by atoms with Gasteiger partial charge < -0.3 is 5.32 Å². The molecule has 17 heavy (non-hydrogen) atoms. The smallest absolute Gasteiger partial charge is 0.130 e. The average molecular weight is 239 g/mol. The quantitative estimate of drug-likeness (QED) is 0.769. The summed E-state index contributed by atoms with van der Waals surface area (Å²) in [5, 5.41) is 3.06. The molecule has 0 aliphatic rings. The van der Waals surface area contributed by atoms with Crippen LogP contribution in [0.2, 0.25) is 0 Å². The maximum absolute atomic E-state index is 13.7. The number of allylic oxidation sites excluding steroid dienone is 1. The molecule has 1 N–H and O–H groups in total. The van der Waals surface area contributed by atoms with Gasteiger partial charge in [-0.2, -0.15) is 0 Å². The first-order valence-corrected chi connectivity index (χ1v) is 5.73. The second-order valence-corrected chi connectivity index (χ2v) is 4.46. The van der Waals surface area contributed by atoms with Crippen LogP contribution in [-0.4, -0.2) is 7.05 Å². The lowest BCUT2D eigenvalue weighted by atomic mass is 9.98. The van der Waals surface area contributed by atoms with Crippen LogP contribution < -0.4 is 5.32 Å². The van der Waals surface area contributed by atoms with Crippen LogP contribution in [0.3, 0.4) is 0 Å². The zero-order valence-corrected chi connectivity index (χ0v) is 10.6. The second-order valence-electron chi connectivity index (χ2n) is 4.46. The van der Waals surface area contributed by atoms with E-state index >= 15 is 0 Å². The number of rotatable bonds is 5. The molecule has 0 spiro atoms. The maximum Gasteiger partial charge on any atom is 0.130 e. The second kappa shape index (κ2) is 5.92. The molecule has 0 bridgehead atoms. The maximum atomic E-state index is 13.7. The van der Waals surface area contributed by atoms with Gasteiger partial charge in [0.25, 0.3) is 0 Å². The van der Waals surface area contributed by atoms with Gasteiger partial charge in [-0.25, -0.2) is 8.78 Å². The highest BCUT2D eigenvalue weighted by Crippen LogP contribution is 2.25. The summed E-state index contributed by atoms with van der Waals surface area (Å²) >= 11 is 0. The molecule has 1 aromatic rings. The number of hydrogen-bond acceptors (Lipinski definition) is 1. The Bertz CT molecular complexity index is 413. The predicted octanol–water partition coefficient (Wildman–Crippen LogP) is 3.89. The molecule has 0 amide bonds. The SMILES string of the molecule is C=C(C)CCC(NC)c1cc(C)c(F)cc1F. The average Bonchev–Trinajstić information content (AvgIpc) is 2.25. The Balaban J connectivity index is 2.95. The standard InChI is InChI=1S/C14H19F2N/c1-9(2)5-6-14(17-4)11-7-10(3)12(15)8-13(11)16/h7-8,14,17H,1,5-6H2,2-4H3. The van der Waals surface area contributed by atoms with Crippen molar-refractivity contribution in [3.63, 3.8) is 0 Å². The Hall–Kier alpha value is -1.22. The highest BCUT2D eigenvalue weighted by Gasteiger charge is 2.15. The zero-order valence-electron chi connectivity index (χ0n) is 10.6. The molecule has 1 unspecified atom stereocenters. The van der Waals surface area contributed by atoms with Gasteiger partial charge in [0.2, 0.25) is 0 Å². The van der Waals surface area contributed by atoms with Crippen molar-refractivity contribution in [2.75, 3.05) is 7.05 Å². The van der Waals surface area contributed by atoms with Crippen LogP contribution in [0, 0.1) is 18.6 Å². The van der Waals surface area contributed by atoms with E-state index in [2.05, 4.69) is 11.9 Å². The van der Waals surface area contributed by atoms with Gasteiger partial charge in [-0.05, 0) is 45.4 Å². The lowest BCUT2D eigenvalue weighted by molar-refractivity contribution is 0.498. The first-order chi connectivity index (χ1) is 7.95. The van der Waals surface area contributed by atoms with Crippen molar-refractivity contribution in [1.82, 2.24) is 5.32 Å². The van der Waals surface area contributed by atoms with E-state index in [9.17, 15) is 8.78 Å². The fourth-order valence-corrected chi connectivity index (χ4v) is 1.79. The van der Waals surface area contributed by atoms with Crippen LogP contribution in [-0.2, 0) is 0 Å². The molecule has 0 heterocycles. The number of hydrogen-bond donors (Lipinski definition) is 1. The van der Waals surface area contributed by atoms with Crippen LogP contribution in [0.5, 0.6) is 0 Å². The summed E-state index contributed by atoms with van der Waals surface area (Å²) in [6.07, 6.45) is 1.58. The van der Waals surface area contributed by atoms with Crippen molar-refractivity contribution >= 4 is 0 Å². The van der Waals surface area contributed by atoms with Crippen LogP contribution in [0.15, 0.2) is 24.3 Å². The summed E-state index contributed by atoms with van der Waals surface area (Å²) in [5.74, 6) is -0.991. The minimum Gasteiger partial charge on any atom is -0.313 e. The molecule has 0 aliphatic carbocycles. The molecule has 0 saturated heterocycles. The molecule has 94 valence electrons. The highest BCUT2D eigenvalue weighted by atomic mass is 19.1. The van der Waals surface area contributed by atoms with Crippen molar-refractivity contribution in [2.45, 2.75) is 32.7 Å². The molecule has 3 heteroatoms. The Morgan fingerprint density at radius 2 is 2.00 bits per heavy atom. The van der Waals surface area contributed by atoms with Crippen molar-refractivity contribution in [2.24, 2.45) is 0 Å². The highest BCUT2D eigenvalue weighted by molar-refractivity contribution is 5.28. The molecular formula is C14H19F2N. The summed E-state index contributed by atoms with van der Waals surface area (Å²) in [5.41, 5.74) is 2.05. The molecule has 1 rings (SSSR count). The van der Waals surface area contributed by atoms with Gasteiger partial charge >= 0.3 is 0 Å². The molecule has 0 aliphatic heterocycles. The number of aryl methyl sites for hydroxylation is 1. The van der Waals surface area contributed by atoms with Gasteiger partial charge in [0.1, 0.15) is 11.6 Å². The summed E-state index contributed by atoms with van der Waals surface area (Å²) in [7, 11) is 1.78. The van der Waals surface area contributed by atoms with Crippen LogP contribution in [0.4, 0.5) is 8.78 Å². The number of benzene rings is 1. The summed E-state index contributed by atoms with van der Waals surface area (Å²) in [6, 6.07) is 2.42. The molecule has 1 atom stereocenters. The predicted molar refractivity (Wildman–Crippen MR) is 66.9 cm³/mol. The van der Waals surface area contributed by atoms with E-state index < -0.39 is 11.6 Å². The van der Waals surface area contributed by atoms with E-state index in [1.54, 1.807) is 20.0 Å². The van der Waals surface area contributed by atoms with Crippen molar-refractivity contribution in [3.05, 3.63) is 47.0 Å². The van der Waals surface area contributed by atoms with Gasteiger partial charge in [0.15, 0.2) is 0 Å². The number of halogens is 2. The number of nitrogens with one attached hydrogen (secondary N) is 1. The minimum absolute atomic E-state index is 0.106. The fraction of sp³-hybridized carbons (Fsp3) is 0.429. The van der Waals surface area contributed by atoms with E-state index in [-0.39, 0.29) is 6.04 Å². The van der Waals surface area contributed by atoms with Gasteiger partial charge in [0.05, 0.1) is 0 Å². The van der Waals surface area contributed by atoms with E-state index in [0.29, 0.717) is 11.1 Å². The zero-order chi connectivity index (χ0) is 13.0. The molecule has 0 saturated carbocycles. The summed E-state index contributed by atoms with van der Waals surface area (Å²) in [4.78, 5) is 0. The normalized spacial score (nSPS) is 12.5. The van der Waals surface area contributed by atoms with E-state index in [4.69, 9.17) is 0 Å². The van der Waals surface area contributed by atoms with Gasteiger partial charge in [-0.3, -0.25) is 0 Å². The van der Waals surface area contributed by atoms with Crippen molar-refractivity contribution in [3.8, 4) is 0 Å². The fourth-order valence-electron chi connectivity index (χ4n) is 1.79. The van der Waals surface area contributed by atoms with Gasteiger partial charge in [0, 0.05) is 17.7 Å². The Morgan fingerprint density at radius 1 is 1.35 bits per heavy atom. The molecule has 1 aromatic carbocycles. The Morgan fingerprint density at radius 3 is 2.53 bits per heavy atom. The third-order valence-corrected chi connectivity index (χ3v) is 2.86. The summed E-state index contributed by atoms with van der Waals surface area (Å²) in [6.45, 7) is 7.41. The Kier molecular flexibility index (Phi) is 4.82.